The van der Waals surface area contributed by atoms with Gasteiger partial charge in [-0.15, -0.1) is 0 Å². The van der Waals surface area contributed by atoms with Crippen molar-refractivity contribution < 1.29 is 0 Å². The average Bonchev–Trinajstić information content (AvgIpc) is 2.04. The Balaban J connectivity index is 2.53. The lowest BCUT2D eigenvalue weighted by atomic mass is 9.90. The molecule has 0 aromatic rings. The van der Waals surface area contributed by atoms with Crippen LogP contribution in [0.1, 0.15) is 33.1 Å². The molecule has 1 atom stereocenters. The van der Waals surface area contributed by atoms with Crippen LogP contribution in [0.4, 0.5) is 0 Å². The van der Waals surface area contributed by atoms with Crippen LogP contribution >= 0.6 is 0 Å². The van der Waals surface area contributed by atoms with Gasteiger partial charge in [-0.25, -0.2) is 0 Å². The Morgan fingerprint density at radius 2 is 2.08 bits per heavy atom. The molecule has 1 fully saturated rings. The van der Waals surface area contributed by atoms with E-state index in [9.17, 15) is 0 Å². The molecule has 12 heavy (non-hydrogen) atoms. The van der Waals surface area contributed by atoms with Crippen LogP contribution in [0.2, 0.25) is 0 Å². The minimum Gasteiger partial charge on any atom is -0.300 e. The molecule has 1 unspecified atom stereocenters. The van der Waals surface area contributed by atoms with Gasteiger partial charge >= 0.3 is 0 Å². The molecule has 0 bridgehead atoms. The van der Waals surface area contributed by atoms with Gasteiger partial charge in [0.05, 0.1) is 0 Å². The highest BCUT2D eigenvalue weighted by Crippen LogP contribution is 2.24. The van der Waals surface area contributed by atoms with E-state index in [4.69, 9.17) is 0 Å². The minimum atomic E-state index is 0.635. The van der Waals surface area contributed by atoms with Crippen molar-refractivity contribution in [2.75, 3.05) is 13.6 Å². The first-order chi connectivity index (χ1) is 5.63. The van der Waals surface area contributed by atoms with E-state index in [0.717, 1.165) is 0 Å². The first kappa shape index (κ1) is 9.79. The van der Waals surface area contributed by atoms with Crippen molar-refractivity contribution in [2.45, 2.75) is 39.2 Å². The molecule has 1 aliphatic rings. The lowest BCUT2D eigenvalue weighted by Crippen LogP contribution is -2.38. The highest BCUT2D eigenvalue weighted by atomic mass is 15.1. The fourth-order valence-electron chi connectivity index (χ4n) is 1.93. The summed E-state index contributed by atoms with van der Waals surface area (Å²) >= 11 is 0. The maximum absolute atomic E-state index is 4.19. The van der Waals surface area contributed by atoms with Crippen LogP contribution in [0.15, 0.2) is 12.2 Å². The molecule has 1 saturated heterocycles. The third-order valence-electron chi connectivity index (χ3n) is 2.94. The van der Waals surface area contributed by atoms with E-state index in [0.29, 0.717) is 12.0 Å². The molecule has 1 rings (SSSR count). The van der Waals surface area contributed by atoms with Crippen LogP contribution in [0.25, 0.3) is 0 Å². The van der Waals surface area contributed by atoms with Gasteiger partial charge in [0.25, 0.3) is 0 Å². The Labute approximate surface area is 76.5 Å². The van der Waals surface area contributed by atoms with E-state index in [1.54, 1.807) is 0 Å². The van der Waals surface area contributed by atoms with Gasteiger partial charge in [-0.05, 0) is 32.4 Å². The molecule has 0 N–H and O–H groups in total. The quantitative estimate of drug-likeness (QED) is 0.572. The van der Waals surface area contributed by atoms with E-state index in [-0.39, 0.29) is 0 Å². The lowest BCUT2D eigenvalue weighted by molar-refractivity contribution is 0.204. The number of likely N-dealkylation sites (tertiary alicyclic amines) is 1. The standard InChI is InChI=1S/C11H21N/c1-9(2)10(3)11-7-5-6-8-12(11)4/h9,11H,3,5-8H2,1-2,4H3. The van der Waals surface area contributed by atoms with Crippen molar-refractivity contribution in [3.63, 3.8) is 0 Å². The maximum atomic E-state index is 4.19. The molecule has 0 aliphatic carbocycles. The lowest BCUT2D eigenvalue weighted by Gasteiger charge is -2.35. The zero-order valence-electron chi connectivity index (χ0n) is 8.64. The SMILES string of the molecule is C=C(C(C)C)C1CCCCN1C. The van der Waals surface area contributed by atoms with Crippen molar-refractivity contribution in [3.8, 4) is 0 Å². The largest absolute Gasteiger partial charge is 0.300 e. The molecule has 1 aliphatic heterocycles. The number of likely N-dealkylation sites (N-methyl/N-ethyl adjacent to an activating group) is 1. The van der Waals surface area contributed by atoms with Crippen LogP contribution in [0, 0.1) is 5.92 Å². The van der Waals surface area contributed by atoms with Gasteiger partial charge in [0.15, 0.2) is 0 Å². The zero-order chi connectivity index (χ0) is 9.14. The first-order valence-electron chi connectivity index (χ1n) is 5.02. The summed E-state index contributed by atoms with van der Waals surface area (Å²) in [5.41, 5.74) is 1.41. The third kappa shape index (κ3) is 2.10. The second-order valence-corrected chi connectivity index (χ2v) is 4.22. The molecule has 1 nitrogen and oxygen atoms in total. The maximum Gasteiger partial charge on any atom is 0.0304 e. The molecule has 0 spiro atoms. The van der Waals surface area contributed by atoms with Crippen molar-refractivity contribution in [1.29, 1.82) is 0 Å². The van der Waals surface area contributed by atoms with E-state index in [1.807, 2.05) is 0 Å². The molecule has 0 amide bonds. The second kappa shape index (κ2) is 4.08. The molecule has 1 heteroatoms. The molecule has 0 aromatic heterocycles. The summed E-state index contributed by atoms with van der Waals surface area (Å²) in [7, 11) is 2.22. The number of rotatable bonds is 2. The monoisotopic (exact) mass is 167 g/mol. The van der Waals surface area contributed by atoms with Gasteiger partial charge in [-0.2, -0.15) is 0 Å². The topological polar surface area (TPSA) is 3.24 Å². The van der Waals surface area contributed by atoms with E-state index >= 15 is 0 Å². The van der Waals surface area contributed by atoms with Gasteiger partial charge in [-0.3, -0.25) is 4.90 Å². The molecule has 0 aromatic carbocycles. The summed E-state index contributed by atoms with van der Waals surface area (Å²) in [5.74, 6) is 0.635. The van der Waals surface area contributed by atoms with Crippen LogP contribution in [0.3, 0.4) is 0 Å². The fourth-order valence-corrected chi connectivity index (χ4v) is 1.93. The Hall–Kier alpha value is -0.300. The van der Waals surface area contributed by atoms with E-state index in [1.165, 1.54) is 31.4 Å². The van der Waals surface area contributed by atoms with Gasteiger partial charge in [0, 0.05) is 6.04 Å². The number of nitrogens with zero attached hydrogens (tertiary/aromatic N) is 1. The van der Waals surface area contributed by atoms with Crippen molar-refractivity contribution in [3.05, 3.63) is 12.2 Å². The van der Waals surface area contributed by atoms with E-state index < -0.39 is 0 Å². The molecular weight excluding hydrogens is 146 g/mol. The fraction of sp³-hybridized carbons (Fsp3) is 0.818. The molecule has 0 saturated carbocycles. The highest BCUT2D eigenvalue weighted by molar-refractivity contribution is 5.09. The number of hydrogen-bond donors (Lipinski definition) is 0. The summed E-state index contributed by atoms with van der Waals surface area (Å²) in [4.78, 5) is 2.45. The van der Waals surface area contributed by atoms with Crippen molar-refractivity contribution in [1.82, 2.24) is 4.90 Å². The summed E-state index contributed by atoms with van der Waals surface area (Å²) in [6.45, 7) is 9.91. The normalized spacial score (nSPS) is 26.2. The van der Waals surface area contributed by atoms with Crippen molar-refractivity contribution in [2.24, 2.45) is 5.92 Å². The van der Waals surface area contributed by atoms with Gasteiger partial charge in [0.1, 0.15) is 0 Å². The van der Waals surface area contributed by atoms with E-state index in [2.05, 4.69) is 32.4 Å². The Kier molecular flexibility index (Phi) is 3.33. The Bertz CT molecular complexity index is 160. The zero-order valence-corrected chi connectivity index (χ0v) is 8.64. The molecule has 1 heterocycles. The highest BCUT2D eigenvalue weighted by Gasteiger charge is 2.22. The summed E-state index contributed by atoms with van der Waals surface area (Å²) in [6, 6.07) is 0.652. The Morgan fingerprint density at radius 3 is 2.58 bits per heavy atom. The third-order valence-corrected chi connectivity index (χ3v) is 2.94. The molecule has 70 valence electrons. The summed E-state index contributed by atoms with van der Waals surface area (Å²) in [5, 5.41) is 0. The Morgan fingerprint density at radius 1 is 1.42 bits per heavy atom. The number of piperidine rings is 1. The summed E-state index contributed by atoms with van der Waals surface area (Å²) in [6.07, 6.45) is 4.05. The smallest absolute Gasteiger partial charge is 0.0304 e. The van der Waals surface area contributed by atoms with Crippen LogP contribution in [-0.2, 0) is 0 Å². The van der Waals surface area contributed by atoms with Crippen LogP contribution in [-0.4, -0.2) is 24.5 Å². The first-order valence-corrected chi connectivity index (χ1v) is 5.02. The molecular formula is C11H21N. The van der Waals surface area contributed by atoms with Crippen LogP contribution < -0.4 is 0 Å². The predicted molar refractivity (Wildman–Crippen MR) is 54.2 cm³/mol. The average molecular weight is 167 g/mol. The molecule has 0 radical (unpaired) electrons. The van der Waals surface area contributed by atoms with Crippen LogP contribution in [0.5, 0.6) is 0 Å². The predicted octanol–water partition coefficient (Wildman–Crippen LogP) is 2.68. The minimum absolute atomic E-state index is 0.635. The summed E-state index contributed by atoms with van der Waals surface area (Å²) < 4.78 is 0. The second-order valence-electron chi connectivity index (χ2n) is 4.22. The van der Waals surface area contributed by atoms with Gasteiger partial charge < -0.3 is 0 Å². The van der Waals surface area contributed by atoms with Gasteiger partial charge in [-0.1, -0.05) is 32.4 Å². The van der Waals surface area contributed by atoms with Crippen molar-refractivity contribution >= 4 is 0 Å². The number of hydrogen-bond acceptors (Lipinski definition) is 1. The van der Waals surface area contributed by atoms with Gasteiger partial charge in [0.2, 0.25) is 0 Å².